The van der Waals surface area contributed by atoms with Crippen LogP contribution in [-0.2, 0) is 17.0 Å². The fraction of sp³-hybridized carbons (Fsp3) is 0.429. The average Bonchev–Trinajstić information content (AvgIpc) is 1.85. The molecule has 0 bridgehead atoms. The van der Waals surface area contributed by atoms with Gasteiger partial charge in [0.15, 0.2) is 0 Å². The molecule has 0 atom stereocenters. The average molecular weight is 160 g/mol. The van der Waals surface area contributed by atoms with E-state index in [0.29, 0.717) is 12.0 Å². The van der Waals surface area contributed by atoms with Crippen molar-refractivity contribution in [2.24, 2.45) is 4.99 Å². The van der Waals surface area contributed by atoms with Crippen molar-refractivity contribution in [3.05, 3.63) is 12.2 Å². The Bertz CT molecular complexity index is 184. The first kappa shape index (κ1) is 6.98. The third-order valence-electron chi connectivity index (χ3n) is 0.742. The summed E-state index contributed by atoms with van der Waals surface area (Å²) in [5, 5.41) is 0. The SMILES string of the molecule is [2H]C(=N[C](C)=[V])C(=[CH-])CC. The summed E-state index contributed by atoms with van der Waals surface area (Å²) in [6.45, 7) is 9.16. The van der Waals surface area contributed by atoms with Gasteiger partial charge >= 0.3 is 66.3 Å². The summed E-state index contributed by atoms with van der Waals surface area (Å²) in [5.74, 6) is 0. The Labute approximate surface area is 66.8 Å². The molecule has 0 saturated carbocycles. The Morgan fingerprint density at radius 2 is 2.56 bits per heavy atom. The van der Waals surface area contributed by atoms with Crippen LogP contribution in [0.25, 0.3) is 0 Å². The van der Waals surface area contributed by atoms with Gasteiger partial charge in [-0.1, -0.05) is 0 Å². The van der Waals surface area contributed by atoms with E-state index in [1.54, 1.807) is 0 Å². The first-order chi connectivity index (χ1) is 4.57. The molecule has 2 heteroatoms. The molecule has 9 heavy (non-hydrogen) atoms. The van der Waals surface area contributed by atoms with Gasteiger partial charge in [-0.25, -0.2) is 0 Å². The molecule has 0 aromatic rings. The maximum absolute atomic E-state index is 7.27. The van der Waals surface area contributed by atoms with Gasteiger partial charge in [0.25, 0.3) is 0 Å². The van der Waals surface area contributed by atoms with E-state index < -0.39 is 0 Å². The second kappa shape index (κ2) is 4.72. The number of nitrogens with zero attached hydrogens (tertiary/aromatic N) is 1. The topological polar surface area (TPSA) is 12.4 Å². The molecular weight excluding hydrogens is 149 g/mol. The van der Waals surface area contributed by atoms with Gasteiger partial charge in [0, 0.05) is 0 Å². The fourth-order valence-electron chi connectivity index (χ4n) is 0.232. The van der Waals surface area contributed by atoms with Gasteiger partial charge in [-0.05, 0) is 0 Å². The van der Waals surface area contributed by atoms with Gasteiger partial charge in [-0.15, -0.1) is 0 Å². The van der Waals surface area contributed by atoms with Crippen molar-refractivity contribution in [2.75, 3.05) is 0 Å². The summed E-state index contributed by atoms with van der Waals surface area (Å²) < 4.78 is 8.07. The first-order valence-electron chi connectivity index (χ1n) is 3.27. The van der Waals surface area contributed by atoms with Crippen LogP contribution in [0, 0.1) is 6.58 Å². The molecule has 0 amide bonds. The second-order valence-corrected chi connectivity index (χ2v) is 2.66. The summed E-state index contributed by atoms with van der Waals surface area (Å²) in [7, 11) is 0. The minimum absolute atomic E-state index is 0.181. The number of rotatable bonds is 3. The second-order valence-electron chi connectivity index (χ2n) is 1.65. The van der Waals surface area contributed by atoms with Crippen molar-refractivity contribution >= 4 is 10.5 Å². The van der Waals surface area contributed by atoms with Gasteiger partial charge in [0.05, 0.1) is 0 Å². The van der Waals surface area contributed by atoms with E-state index in [-0.39, 0.29) is 6.19 Å². The maximum atomic E-state index is 7.27. The van der Waals surface area contributed by atoms with E-state index in [1.807, 2.05) is 13.8 Å². The van der Waals surface area contributed by atoms with Crippen molar-refractivity contribution in [1.82, 2.24) is 0 Å². The zero-order chi connectivity index (χ0) is 8.15. The van der Waals surface area contributed by atoms with E-state index in [2.05, 4.69) is 22.0 Å². The van der Waals surface area contributed by atoms with Crippen molar-refractivity contribution in [2.45, 2.75) is 20.3 Å². The molecular formula is C7H10NV-. The standard InChI is InChI=1S/C7H10N.V/c1-4-7(3)6-8-5-2;/h3,6H,4H2,1-2H3;/q-1;/i6D;. The molecule has 0 saturated heterocycles. The van der Waals surface area contributed by atoms with E-state index in [9.17, 15) is 0 Å². The summed E-state index contributed by atoms with van der Waals surface area (Å²) in [4.78, 5) is 3.86. The number of hydrogen-bond acceptors (Lipinski definition) is 1. The molecule has 0 heterocycles. The Hall–Kier alpha value is -0.136. The van der Waals surface area contributed by atoms with E-state index in [0.717, 1.165) is 4.35 Å². The molecule has 0 aromatic carbocycles. The molecule has 0 radical (unpaired) electrons. The molecule has 0 fully saturated rings. The van der Waals surface area contributed by atoms with Crippen molar-refractivity contribution in [1.29, 1.82) is 0 Å². The Morgan fingerprint density at radius 3 is 2.89 bits per heavy atom. The van der Waals surface area contributed by atoms with Crippen LogP contribution < -0.4 is 0 Å². The molecule has 0 rings (SSSR count). The van der Waals surface area contributed by atoms with Gasteiger partial charge in [0.1, 0.15) is 0 Å². The molecule has 0 aliphatic rings. The Balaban J connectivity index is 4.19. The van der Waals surface area contributed by atoms with Gasteiger partial charge < -0.3 is 0 Å². The van der Waals surface area contributed by atoms with E-state index >= 15 is 0 Å². The zero-order valence-electron chi connectivity index (χ0n) is 6.68. The summed E-state index contributed by atoms with van der Waals surface area (Å²) in [5.41, 5.74) is 0.533. The van der Waals surface area contributed by atoms with Gasteiger partial charge in [-0.3, -0.25) is 0 Å². The van der Waals surface area contributed by atoms with E-state index in [1.165, 1.54) is 0 Å². The fourth-order valence-corrected chi connectivity index (χ4v) is 0.310. The molecule has 0 N–H and O–H groups in total. The van der Waals surface area contributed by atoms with E-state index in [4.69, 9.17) is 7.95 Å². The van der Waals surface area contributed by atoms with Crippen molar-refractivity contribution < 1.29 is 18.3 Å². The summed E-state index contributed by atoms with van der Waals surface area (Å²) in [6, 6.07) is 0. The van der Waals surface area contributed by atoms with Crippen molar-refractivity contribution in [3.8, 4) is 0 Å². The van der Waals surface area contributed by atoms with Crippen LogP contribution in [0.15, 0.2) is 10.6 Å². The molecule has 1 nitrogen and oxygen atoms in total. The zero-order valence-corrected chi connectivity index (χ0v) is 7.08. The van der Waals surface area contributed by atoms with Crippen LogP contribution in [0.5, 0.6) is 0 Å². The van der Waals surface area contributed by atoms with Crippen molar-refractivity contribution in [3.63, 3.8) is 0 Å². The van der Waals surface area contributed by atoms with Crippen LogP contribution in [0.2, 0.25) is 0 Å². The van der Waals surface area contributed by atoms with Crippen LogP contribution >= 0.6 is 0 Å². The predicted molar refractivity (Wildman–Crippen MR) is 37.3 cm³/mol. The number of aliphatic imine (C=N–C) groups is 1. The molecule has 0 aromatic heterocycles. The normalized spacial score (nSPS) is 12.6. The number of hydrogen-bond donors (Lipinski definition) is 0. The van der Waals surface area contributed by atoms with Gasteiger partial charge in [-0.2, -0.15) is 0 Å². The molecule has 0 aliphatic heterocycles. The predicted octanol–water partition coefficient (Wildman–Crippen LogP) is 1.52. The first-order valence-corrected chi connectivity index (χ1v) is 3.47. The molecule has 0 unspecified atom stereocenters. The third kappa shape index (κ3) is 5.74. The molecule has 0 spiro atoms. The van der Waals surface area contributed by atoms with Gasteiger partial charge in [0.2, 0.25) is 0 Å². The summed E-state index contributed by atoms with van der Waals surface area (Å²) >= 11 is 2.27. The Morgan fingerprint density at radius 1 is 2.00 bits per heavy atom. The van der Waals surface area contributed by atoms with Crippen LogP contribution in [0.3, 0.4) is 0 Å². The quantitative estimate of drug-likeness (QED) is 0.438. The van der Waals surface area contributed by atoms with Crippen LogP contribution in [-0.4, -0.2) is 10.5 Å². The Kier molecular flexibility index (Phi) is 3.66. The monoisotopic (exact) mass is 160 g/mol. The summed E-state index contributed by atoms with van der Waals surface area (Å²) in [6.07, 6.45) is 0.864. The van der Waals surface area contributed by atoms with Crippen LogP contribution in [0.1, 0.15) is 21.6 Å². The molecule has 0 aliphatic carbocycles. The minimum atomic E-state index is 0.181. The third-order valence-corrected chi connectivity index (χ3v) is 0.898. The number of allylic oxidation sites excluding steroid dienone is 1. The van der Waals surface area contributed by atoms with Crippen LogP contribution in [0.4, 0.5) is 0 Å². The molecule has 49 valence electrons.